The van der Waals surface area contributed by atoms with Crippen LogP contribution < -0.4 is 5.32 Å². The van der Waals surface area contributed by atoms with E-state index in [2.05, 4.69) is 24.4 Å². The molecule has 3 aliphatic carbocycles. The van der Waals surface area contributed by atoms with Crippen LogP contribution in [0.5, 0.6) is 0 Å². The molecule has 2 aliphatic heterocycles. The summed E-state index contributed by atoms with van der Waals surface area (Å²) in [5.74, 6) is 0.0360. The number of ether oxygens (including phenoxy) is 3. The van der Waals surface area contributed by atoms with Crippen LogP contribution in [0.25, 0.3) is 0 Å². The fourth-order valence-electron chi connectivity index (χ4n) is 6.37. The Morgan fingerprint density at radius 1 is 1.32 bits per heavy atom. The molecule has 3 fully saturated rings. The highest BCUT2D eigenvalue weighted by Crippen LogP contribution is 2.68. The van der Waals surface area contributed by atoms with Gasteiger partial charge in [0.1, 0.15) is 6.10 Å². The van der Waals surface area contributed by atoms with Gasteiger partial charge in [0.25, 0.3) is 0 Å². The minimum atomic E-state index is -0.585. The number of hydrogen-bond acceptors (Lipinski definition) is 4. The molecule has 2 saturated heterocycles. The average molecular weight is 303 g/mol. The van der Waals surface area contributed by atoms with E-state index in [0.717, 1.165) is 25.7 Å². The van der Waals surface area contributed by atoms with Gasteiger partial charge < -0.3 is 19.5 Å². The Bertz CT molecular complexity index is 579. The van der Waals surface area contributed by atoms with Gasteiger partial charge in [-0.05, 0) is 43.3 Å². The lowest BCUT2D eigenvalue weighted by atomic mass is 9.56. The molecule has 0 amide bonds. The fourth-order valence-corrected chi connectivity index (χ4v) is 6.37. The van der Waals surface area contributed by atoms with Gasteiger partial charge in [-0.3, -0.25) is 0 Å². The van der Waals surface area contributed by atoms with Crippen LogP contribution in [0.4, 0.5) is 0 Å². The molecule has 2 bridgehead atoms. The number of nitrogens with one attached hydrogen (secondary N) is 1. The summed E-state index contributed by atoms with van der Waals surface area (Å²) in [6.45, 7) is 2.34. The lowest BCUT2D eigenvalue weighted by Crippen LogP contribution is -2.65. The van der Waals surface area contributed by atoms with Crippen molar-refractivity contribution in [1.82, 2.24) is 5.32 Å². The summed E-state index contributed by atoms with van der Waals surface area (Å²) in [5.41, 5.74) is 3.19. The summed E-state index contributed by atoms with van der Waals surface area (Å²) < 4.78 is 18.5. The highest BCUT2D eigenvalue weighted by Gasteiger charge is 2.72. The van der Waals surface area contributed by atoms with Crippen LogP contribution in [-0.2, 0) is 14.2 Å². The van der Waals surface area contributed by atoms with E-state index < -0.39 is 5.79 Å². The Hall–Kier alpha value is -0.680. The largest absolute Gasteiger partial charge is 0.364 e. The van der Waals surface area contributed by atoms with Gasteiger partial charge in [-0.25, -0.2) is 0 Å². The van der Waals surface area contributed by atoms with Crippen molar-refractivity contribution < 1.29 is 14.2 Å². The van der Waals surface area contributed by atoms with Crippen LogP contribution in [0.15, 0.2) is 23.3 Å². The van der Waals surface area contributed by atoms with Gasteiger partial charge in [-0.2, -0.15) is 0 Å². The zero-order chi connectivity index (χ0) is 15.1. The molecule has 0 aromatic rings. The van der Waals surface area contributed by atoms with Gasteiger partial charge >= 0.3 is 0 Å². The second kappa shape index (κ2) is 4.23. The van der Waals surface area contributed by atoms with Crippen molar-refractivity contribution in [3.8, 4) is 0 Å². The third-order valence-corrected chi connectivity index (χ3v) is 7.09. The van der Waals surface area contributed by atoms with Gasteiger partial charge in [0, 0.05) is 38.1 Å². The molecule has 5 rings (SSSR count). The third-order valence-electron chi connectivity index (χ3n) is 7.09. The minimum Gasteiger partial charge on any atom is -0.364 e. The molecule has 5 aliphatic rings. The number of methoxy groups -OCH3 is 2. The smallest absolute Gasteiger partial charge is 0.195 e. The van der Waals surface area contributed by atoms with E-state index in [1.54, 1.807) is 19.8 Å². The molecule has 6 unspecified atom stereocenters. The summed E-state index contributed by atoms with van der Waals surface area (Å²) in [6, 6.07) is 1.01. The summed E-state index contributed by atoms with van der Waals surface area (Å²) in [6.07, 6.45) is 9.06. The Balaban J connectivity index is 1.73. The first-order chi connectivity index (χ1) is 10.7. The Kier molecular flexibility index (Phi) is 2.64. The predicted octanol–water partition coefficient (Wildman–Crippen LogP) is 2.16. The molecule has 0 aromatic heterocycles. The zero-order valence-corrected chi connectivity index (χ0v) is 13.6. The molecule has 2 heterocycles. The number of hydrogen-bond donors (Lipinski definition) is 1. The summed E-state index contributed by atoms with van der Waals surface area (Å²) >= 11 is 0. The molecule has 1 N–H and O–H groups in total. The fraction of sp³-hybridized carbons (Fsp3) is 0.778. The Labute approximate surface area is 131 Å². The van der Waals surface area contributed by atoms with E-state index in [1.807, 2.05) is 0 Å². The van der Waals surface area contributed by atoms with Crippen molar-refractivity contribution in [2.24, 2.45) is 11.3 Å². The lowest BCUT2D eigenvalue weighted by Gasteiger charge is -2.56. The molecular formula is C18H25NO3. The van der Waals surface area contributed by atoms with E-state index in [0.29, 0.717) is 18.0 Å². The van der Waals surface area contributed by atoms with Crippen LogP contribution in [0.2, 0.25) is 0 Å². The SMILES string of the molecule is COC1(OC)CCC2C(C)NC3CC24C2=C3C=CCC2OC14. The normalized spacial score (nSPS) is 50.4. The molecule has 4 heteroatoms. The highest BCUT2D eigenvalue weighted by atomic mass is 16.7. The van der Waals surface area contributed by atoms with Gasteiger partial charge in [0.2, 0.25) is 0 Å². The van der Waals surface area contributed by atoms with Crippen LogP contribution >= 0.6 is 0 Å². The first-order valence-corrected chi connectivity index (χ1v) is 8.59. The number of rotatable bonds is 2. The van der Waals surface area contributed by atoms with E-state index >= 15 is 0 Å². The maximum Gasteiger partial charge on any atom is 0.195 e. The number of fused-ring (bicyclic) bond motifs is 2. The molecule has 6 atom stereocenters. The average Bonchev–Trinajstić information content (AvgIpc) is 3.01. The first-order valence-electron chi connectivity index (χ1n) is 8.59. The van der Waals surface area contributed by atoms with Crippen LogP contribution in [0, 0.1) is 11.3 Å². The lowest BCUT2D eigenvalue weighted by molar-refractivity contribution is -0.308. The first kappa shape index (κ1) is 13.7. The summed E-state index contributed by atoms with van der Waals surface area (Å²) in [7, 11) is 3.55. The molecule has 0 radical (unpaired) electrons. The van der Waals surface area contributed by atoms with E-state index in [4.69, 9.17) is 14.2 Å². The quantitative estimate of drug-likeness (QED) is 0.794. The molecule has 1 spiro atoms. The van der Waals surface area contributed by atoms with Crippen LogP contribution in [0.3, 0.4) is 0 Å². The Morgan fingerprint density at radius 2 is 2.14 bits per heavy atom. The maximum atomic E-state index is 6.61. The number of piperidine rings is 1. The van der Waals surface area contributed by atoms with E-state index in [9.17, 15) is 0 Å². The maximum absolute atomic E-state index is 6.61. The van der Waals surface area contributed by atoms with Gasteiger partial charge in [0.05, 0.1) is 6.10 Å². The molecule has 4 nitrogen and oxygen atoms in total. The van der Waals surface area contributed by atoms with Crippen molar-refractivity contribution in [3.05, 3.63) is 23.3 Å². The van der Waals surface area contributed by atoms with Crippen molar-refractivity contribution in [2.45, 2.75) is 62.7 Å². The third kappa shape index (κ3) is 1.31. The van der Waals surface area contributed by atoms with Crippen molar-refractivity contribution in [2.75, 3.05) is 14.2 Å². The monoisotopic (exact) mass is 303 g/mol. The molecule has 22 heavy (non-hydrogen) atoms. The second-order valence-corrected chi connectivity index (χ2v) is 7.63. The van der Waals surface area contributed by atoms with E-state index in [1.165, 1.54) is 5.57 Å². The van der Waals surface area contributed by atoms with Crippen molar-refractivity contribution >= 4 is 0 Å². The molecule has 1 saturated carbocycles. The van der Waals surface area contributed by atoms with E-state index in [-0.39, 0.29) is 17.6 Å². The summed E-state index contributed by atoms with van der Waals surface area (Å²) in [4.78, 5) is 0. The van der Waals surface area contributed by atoms with Gasteiger partial charge in [0.15, 0.2) is 5.79 Å². The van der Waals surface area contributed by atoms with Crippen molar-refractivity contribution in [1.29, 1.82) is 0 Å². The molecular weight excluding hydrogens is 278 g/mol. The standard InChI is InChI=1S/C18H25NO3/c1-10-12-7-8-18(20-2,21-3)16-17(12)9-13(19-10)11-5-4-6-14(22-16)15(11)17/h4-5,10,12-14,16,19H,6-9H2,1-3H3. The topological polar surface area (TPSA) is 39.7 Å². The molecule has 120 valence electrons. The second-order valence-electron chi connectivity index (χ2n) is 7.63. The minimum absolute atomic E-state index is 0.0261. The van der Waals surface area contributed by atoms with Gasteiger partial charge in [-0.1, -0.05) is 12.2 Å². The molecule has 0 aromatic carbocycles. The zero-order valence-electron chi connectivity index (χ0n) is 13.6. The predicted molar refractivity (Wildman–Crippen MR) is 82.4 cm³/mol. The van der Waals surface area contributed by atoms with Gasteiger partial charge in [-0.15, -0.1) is 0 Å². The van der Waals surface area contributed by atoms with Crippen molar-refractivity contribution in [3.63, 3.8) is 0 Å². The summed E-state index contributed by atoms with van der Waals surface area (Å²) in [5, 5.41) is 3.86. The van der Waals surface area contributed by atoms with Crippen LogP contribution in [-0.4, -0.2) is 44.3 Å². The Morgan fingerprint density at radius 3 is 2.91 bits per heavy atom. The van der Waals surface area contributed by atoms with Crippen LogP contribution in [0.1, 0.15) is 32.6 Å². The highest BCUT2D eigenvalue weighted by molar-refractivity contribution is 5.51.